The van der Waals surface area contributed by atoms with Crippen LogP contribution in [0.5, 0.6) is 0 Å². The molecule has 2 aromatic carbocycles. The summed E-state index contributed by atoms with van der Waals surface area (Å²) in [7, 11) is 1.74. The van der Waals surface area contributed by atoms with E-state index in [1.807, 2.05) is 0 Å². The lowest BCUT2D eigenvalue weighted by molar-refractivity contribution is 0.386. The van der Waals surface area contributed by atoms with E-state index in [4.69, 9.17) is 4.52 Å². The molecule has 1 heterocycles. The minimum atomic E-state index is 0. The highest BCUT2D eigenvalue weighted by Crippen LogP contribution is 2.20. The second-order valence-corrected chi connectivity index (χ2v) is 5.63. The lowest BCUT2D eigenvalue weighted by Crippen LogP contribution is -2.38. The van der Waals surface area contributed by atoms with Crippen LogP contribution in [-0.4, -0.2) is 23.1 Å². The van der Waals surface area contributed by atoms with E-state index in [9.17, 15) is 0 Å². The van der Waals surface area contributed by atoms with Crippen LogP contribution in [0.1, 0.15) is 30.2 Å². The topological polar surface area (TPSA) is 75.3 Å². The third-order valence-electron chi connectivity index (χ3n) is 3.83. The van der Waals surface area contributed by atoms with Gasteiger partial charge in [-0.2, -0.15) is 4.98 Å². The molecule has 0 bridgehead atoms. The molecule has 0 aliphatic carbocycles. The average Bonchev–Trinajstić information content (AvgIpc) is 3.03. The van der Waals surface area contributed by atoms with Gasteiger partial charge >= 0.3 is 0 Å². The molecule has 3 aromatic rings. The molecule has 1 aromatic heterocycles. The molecule has 132 valence electrons. The molecule has 0 saturated carbocycles. The van der Waals surface area contributed by atoms with Crippen LogP contribution >= 0.6 is 24.0 Å². The van der Waals surface area contributed by atoms with Crippen molar-refractivity contribution in [3.63, 3.8) is 0 Å². The first kappa shape index (κ1) is 19.2. The second-order valence-electron chi connectivity index (χ2n) is 5.63. The Kier molecular flexibility index (Phi) is 6.74. The number of halogens is 1. The molecule has 25 heavy (non-hydrogen) atoms. The van der Waals surface area contributed by atoms with E-state index >= 15 is 0 Å². The lowest BCUT2D eigenvalue weighted by atomic mass is 10.0. The molecule has 0 radical (unpaired) electrons. The van der Waals surface area contributed by atoms with Crippen LogP contribution in [-0.2, 0) is 6.54 Å². The van der Waals surface area contributed by atoms with Gasteiger partial charge in [0.2, 0.25) is 5.89 Å². The van der Waals surface area contributed by atoms with Gasteiger partial charge in [-0.1, -0.05) is 41.6 Å². The molecule has 0 saturated heterocycles. The number of guanidine groups is 1. The van der Waals surface area contributed by atoms with E-state index in [0.717, 1.165) is 0 Å². The van der Waals surface area contributed by atoms with Crippen molar-refractivity contribution >= 4 is 40.7 Å². The minimum absolute atomic E-state index is 0. The first-order chi connectivity index (χ1) is 11.7. The van der Waals surface area contributed by atoms with Crippen molar-refractivity contribution in [1.29, 1.82) is 0 Å². The predicted octanol–water partition coefficient (Wildman–Crippen LogP) is 3.58. The maximum atomic E-state index is 4.96. The van der Waals surface area contributed by atoms with Crippen molar-refractivity contribution < 1.29 is 4.52 Å². The number of rotatable bonds is 4. The number of aryl methyl sites for hydroxylation is 1. The fourth-order valence-corrected chi connectivity index (χ4v) is 2.54. The molecular weight excluding hydrogens is 429 g/mol. The first-order valence-corrected chi connectivity index (χ1v) is 7.91. The Hall–Kier alpha value is -2.16. The molecular formula is C18H22IN5O. The third kappa shape index (κ3) is 4.91. The van der Waals surface area contributed by atoms with Crippen molar-refractivity contribution in [1.82, 2.24) is 20.8 Å². The van der Waals surface area contributed by atoms with E-state index in [2.05, 4.69) is 75.2 Å². The Bertz CT molecular complexity index is 861. The molecule has 0 fully saturated rings. The molecule has 0 amide bonds. The second kappa shape index (κ2) is 8.80. The zero-order valence-electron chi connectivity index (χ0n) is 14.5. The summed E-state index contributed by atoms with van der Waals surface area (Å²) in [6.45, 7) is 4.34. The quantitative estimate of drug-likeness (QED) is 0.361. The summed E-state index contributed by atoms with van der Waals surface area (Å²) in [5.74, 6) is 1.85. The minimum Gasteiger partial charge on any atom is -0.350 e. The lowest BCUT2D eigenvalue weighted by Gasteiger charge is -2.18. The summed E-state index contributed by atoms with van der Waals surface area (Å²) in [5.41, 5.74) is 1.20. The van der Waals surface area contributed by atoms with Crippen molar-refractivity contribution in [3.05, 3.63) is 59.7 Å². The molecule has 1 unspecified atom stereocenters. The van der Waals surface area contributed by atoms with Crippen molar-refractivity contribution in [2.45, 2.75) is 26.4 Å². The van der Waals surface area contributed by atoms with Crippen molar-refractivity contribution in [2.24, 2.45) is 4.99 Å². The summed E-state index contributed by atoms with van der Waals surface area (Å²) < 4.78 is 4.96. The van der Waals surface area contributed by atoms with Gasteiger partial charge in [0.25, 0.3) is 0 Å². The monoisotopic (exact) mass is 451 g/mol. The van der Waals surface area contributed by atoms with Crippen LogP contribution in [0.2, 0.25) is 0 Å². The molecule has 6 nitrogen and oxygen atoms in total. The molecule has 1 atom stereocenters. The van der Waals surface area contributed by atoms with Gasteiger partial charge < -0.3 is 15.2 Å². The Morgan fingerprint density at radius 3 is 2.64 bits per heavy atom. The highest BCUT2D eigenvalue weighted by molar-refractivity contribution is 14.0. The Morgan fingerprint density at radius 1 is 1.20 bits per heavy atom. The van der Waals surface area contributed by atoms with Crippen LogP contribution in [0.25, 0.3) is 10.8 Å². The van der Waals surface area contributed by atoms with Gasteiger partial charge in [0.15, 0.2) is 11.8 Å². The van der Waals surface area contributed by atoms with Crippen LogP contribution in [0.3, 0.4) is 0 Å². The van der Waals surface area contributed by atoms with Crippen LogP contribution in [0, 0.1) is 6.92 Å². The van der Waals surface area contributed by atoms with Crippen molar-refractivity contribution in [2.75, 3.05) is 7.05 Å². The zero-order chi connectivity index (χ0) is 16.9. The van der Waals surface area contributed by atoms with E-state index in [1.54, 1.807) is 14.0 Å². The normalized spacial score (nSPS) is 12.5. The summed E-state index contributed by atoms with van der Waals surface area (Å²) in [5, 5.41) is 12.9. The molecule has 0 spiro atoms. The fraction of sp³-hybridized carbons (Fsp3) is 0.278. The Morgan fingerprint density at radius 2 is 1.96 bits per heavy atom. The number of nitrogens with one attached hydrogen (secondary N) is 2. The van der Waals surface area contributed by atoms with E-state index < -0.39 is 0 Å². The number of hydrogen-bond donors (Lipinski definition) is 2. The van der Waals surface area contributed by atoms with Crippen LogP contribution < -0.4 is 10.6 Å². The Balaban J connectivity index is 0.00000225. The number of benzene rings is 2. The first-order valence-electron chi connectivity index (χ1n) is 7.91. The average molecular weight is 451 g/mol. The maximum Gasteiger partial charge on any atom is 0.223 e. The molecule has 2 N–H and O–H groups in total. The largest absolute Gasteiger partial charge is 0.350 e. The zero-order valence-corrected chi connectivity index (χ0v) is 16.8. The molecule has 7 heteroatoms. The van der Waals surface area contributed by atoms with Crippen LogP contribution in [0.4, 0.5) is 0 Å². The highest BCUT2D eigenvalue weighted by Gasteiger charge is 2.09. The predicted molar refractivity (Wildman–Crippen MR) is 110 cm³/mol. The highest BCUT2D eigenvalue weighted by atomic mass is 127. The smallest absolute Gasteiger partial charge is 0.223 e. The number of nitrogens with zero attached hydrogens (tertiary/aromatic N) is 3. The van der Waals surface area contributed by atoms with Gasteiger partial charge in [0, 0.05) is 14.0 Å². The van der Waals surface area contributed by atoms with E-state index in [-0.39, 0.29) is 30.0 Å². The van der Waals surface area contributed by atoms with Gasteiger partial charge in [-0.3, -0.25) is 4.99 Å². The van der Waals surface area contributed by atoms with Gasteiger partial charge in [-0.05, 0) is 29.3 Å². The molecule has 3 rings (SSSR count). The molecule has 0 aliphatic heterocycles. The third-order valence-corrected chi connectivity index (χ3v) is 3.83. The molecule has 0 aliphatic rings. The Labute approximate surface area is 164 Å². The van der Waals surface area contributed by atoms with Crippen molar-refractivity contribution in [3.8, 4) is 0 Å². The van der Waals surface area contributed by atoms with Crippen LogP contribution in [0.15, 0.2) is 52.0 Å². The summed E-state index contributed by atoms with van der Waals surface area (Å²) in [6, 6.07) is 14.9. The van der Waals surface area contributed by atoms with Gasteiger partial charge in [-0.15, -0.1) is 24.0 Å². The van der Waals surface area contributed by atoms with Gasteiger partial charge in [-0.25, -0.2) is 0 Å². The number of aliphatic imine (C=N–C) groups is 1. The summed E-state index contributed by atoms with van der Waals surface area (Å²) in [6.07, 6.45) is 0. The number of fused-ring (bicyclic) bond motifs is 1. The standard InChI is InChI=1S/C18H21N5O.HI/c1-12(15-9-8-14-6-4-5-7-16(14)10-15)21-18(19-3)20-11-17-22-13(2)24-23-17;/h4-10,12H,11H2,1-3H3,(H2,19,20,21);1H. The van der Waals surface area contributed by atoms with Gasteiger partial charge in [0.1, 0.15) is 0 Å². The SMILES string of the molecule is CN=C(NCc1noc(C)n1)NC(C)c1ccc2ccccc2c1.I. The summed E-state index contributed by atoms with van der Waals surface area (Å²) >= 11 is 0. The summed E-state index contributed by atoms with van der Waals surface area (Å²) in [4.78, 5) is 8.41. The maximum absolute atomic E-state index is 4.96. The number of aromatic nitrogens is 2. The van der Waals surface area contributed by atoms with Gasteiger partial charge in [0.05, 0.1) is 12.6 Å². The number of hydrogen-bond acceptors (Lipinski definition) is 4. The van der Waals surface area contributed by atoms with E-state index in [1.165, 1.54) is 16.3 Å². The fourth-order valence-electron chi connectivity index (χ4n) is 2.54. The van der Waals surface area contributed by atoms with E-state index in [0.29, 0.717) is 24.2 Å².